The molecule has 150 valence electrons. The van der Waals surface area contributed by atoms with Crippen LogP contribution >= 0.6 is 0 Å². The molecule has 3 rings (SSSR count). The Bertz CT molecular complexity index is 886. The summed E-state index contributed by atoms with van der Waals surface area (Å²) in [5, 5.41) is 2.89. The monoisotopic (exact) mass is 404 g/mol. The van der Waals surface area contributed by atoms with Crippen LogP contribution in [-0.4, -0.2) is 37.8 Å². The van der Waals surface area contributed by atoms with E-state index < -0.39 is 15.8 Å². The number of carbonyl (C=O) groups excluding carboxylic acids is 1. The van der Waals surface area contributed by atoms with Crippen molar-refractivity contribution in [3.05, 3.63) is 66.0 Å². The smallest absolute Gasteiger partial charge is 0.243 e. The molecule has 0 spiro atoms. The molecule has 0 aliphatic carbocycles. The lowest BCUT2D eigenvalue weighted by Crippen LogP contribution is -2.46. The van der Waals surface area contributed by atoms with E-state index in [4.69, 9.17) is 0 Å². The number of hydrogen-bond acceptors (Lipinski definition) is 3. The predicted molar refractivity (Wildman–Crippen MR) is 106 cm³/mol. The third-order valence-electron chi connectivity index (χ3n) is 4.99. The molecule has 1 aliphatic rings. The van der Waals surface area contributed by atoms with Gasteiger partial charge in [0.2, 0.25) is 15.9 Å². The van der Waals surface area contributed by atoms with Gasteiger partial charge in [-0.3, -0.25) is 4.79 Å². The van der Waals surface area contributed by atoms with E-state index in [9.17, 15) is 17.6 Å². The molecule has 0 aromatic heterocycles. The molecule has 2 aromatic rings. The maximum Gasteiger partial charge on any atom is 0.243 e. The summed E-state index contributed by atoms with van der Waals surface area (Å²) in [7, 11) is -3.75. The average Bonchev–Trinajstić information content (AvgIpc) is 2.69. The lowest BCUT2D eigenvalue weighted by Gasteiger charge is -2.34. The first-order valence-electron chi connectivity index (χ1n) is 9.55. The van der Waals surface area contributed by atoms with E-state index in [1.54, 1.807) is 0 Å². The summed E-state index contributed by atoms with van der Waals surface area (Å²) < 4.78 is 40.5. The van der Waals surface area contributed by atoms with Crippen molar-refractivity contribution in [3.8, 4) is 0 Å². The molecular formula is C21H25FN2O3S. The van der Waals surface area contributed by atoms with Crippen molar-refractivity contribution in [2.75, 3.05) is 13.1 Å². The summed E-state index contributed by atoms with van der Waals surface area (Å²) in [6.07, 6.45) is 3.15. The number of carbonyl (C=O) groups is 1. The van der Waals surface area contributed by atoms with Gasteiger partial charge in [-0.1, -0.05) is 36.8 Å². The summed E-state index contributed by atoms with van der Waals surface area (Å²) in [5.41, 5.74) is 1.14. The number of halogens is 1. The highest BCUT2D eigenvalue weighted by atomic mass is 32.2. The van der Waals surface area contributed by atoms with Gasteiger partial charge in [-0.05, 0) is 49.1 Å². The van der Waals surface area contributed by atoms with E-state index in [1.807, 2.05) is 30.3 Å². The van der Waals surface area contributed by atoms with Crippen molar-refractivity contribution in [2.24, 2.45) is 0 Å². The Kier molecular flexibility index (Phi) is 6.80. The topological polar surface area (TPSA) is 66.5 Å². The Morgan fingerprint density at radius 3 is 2.50 bits per heavy atom. The number of rotatable bonds is 7. The average molecular weight is 405 g/mol. The summed E-state index contributed by atoms with van der Waals surface area (Å²) >= 11 is 0. The van der Waals surface area contributed by atoms with Gasteiger partial charge in [0.1, 0.15) is 5.82 Å². The fraction of sp³-hybridized carbons (Fsp3) is 0.381. The second-order valence-corrected chi connectivity index (χ2v) is 8.90. The predicted octanol–water partition coefficient (Wildman–Crippen LogP) is 3.12. The van der Waals surface area contributed by atoms with Gasteiger partial charge in [0.25, 0.3) is 0 Å². The Balaban J connectivity index is 1.61. The summed E-state index contributed by atoms with van der Waals surface area (Å²) in [4.78, 5) is 12.4. The fourth-order valence-corrected chi connectivity index (χ4v) is 5.21. The number of amides is 1. The van der Waals surface area contributed by atoms with Crippen LogP contribution in [0.3, 0.4) is 0 Å². The van der Waals surface area contributed by atoms with E-state index in [-0.39, 0.29) is 23.3 Å². The van der Waals surface area contributed by atoms with Crippen LogP contribution in [-0.2, 0) is 21.2 Å². The molecular weight excluding hydrogens is 379 g/mol. The third kappa shape index (κ3) is 5.17. The molecule has 1 fully saturated rings. The van der Waals surface area contributed by atoms with Crippen LogP contribution in [0.1, 0.15) is 31.2 Å². The van der Waals surface area contributed by atoms with Crippen molar-refractivity contribution in [1.82, 2.24) is 9.62 Å². The van der Waals surface area contributed by atoms with Crippen molar-refractivity contribution in [1.29, 1.82) is 0 Å². The molecule has 1 saturated heterocycles. The second-order valence-electron chi connectivity index (χ2n) is 7.01. The molecule has 2 aromatic carbocycles. The molecule has 5 nitrogen and oxygen atoms in total. The van der Waals surface area contributed by atoms with Crippen LogP contribution < -0.4 is 5.32 Å². The second kappa shape index (κ2) is 9.30. The third-order valence-corrected chi connectivity index (χ3v) is 6.96. The molecule has 0 unspecified atom stereocenters. The number of piperidine rings is 1. The number of sulfonamides is 1. The summed E-state index contributed by atoms with van der Waals surface area (Å²) in [5.74, 6) is -0.630. The van der Waals surface area contributed by atoms with Gasteiger partial charge in [0.05, 0.1) is 4.90 Å². The number of nitrogens with one attached hydrogen (secondary N) is 1. The van der Waals surface area contributed by atoms with E-state index in [2.05, 4.69) is 5.32 Å². The van der Waals surface area contributed by atoms with E-state index in [1.165, 1.54) is 16.4 Å². The first-order chi connectivity index (χ1) is 13.5. The molecule has 7 heteroatoms. The van der Waals surface area contributed by atoms with Crippen LogP contribution in [0.2, 0.25) is 0 Å². The maximum absolute atomic E-state index is 13.1. The first kappa shape index (κ1) is 20.5. The lowest BCUT2D eigenvalue weighted by atomic mass is 10.0. The molecule has 1 heterocycles. The molecule has 1 aliphatic heterocycles. The standard InChI is InChI=1S/C21H25FN2O3S/c22-18-9-11-20(12-10-18)28(26,27)24-15-5-4-8-19(24)16-21(25)23-14-13-17-6-2-1-3-7-17/h1-3,6-7,9-12,19H,4-5,8,13-16H2,(H,23,25)/t19-/m1/s1. The van der Waals surface area contributed by atoms with Crippen LogP contribution in [0.4, 0.5) is 4.39 Å². The zero-order valence-corrected chi connectivity index (χ0v) is 16.5. The molecule has 1 N–H and O–H groups in total. The van der Waals surface area contributed by atoms with Crippen molar-refractivity contribution < 1.29 is 17.6 Å². The molecule has 0 radical (unpaired) electrons. The Labute approximate surface area is 165 Å². The van der Waals surface area contributed by atoms with E-state index in [0.717, 1.165) is 37.0 Å². The largest absolute Gasteiger partial charge is 0.356 e. The molecule has 0 bridgehead atoms. The number of benzene rings is 2. The van der Waals surface area contributed by atoms with E-state index >= 15 is 0 Å². The van der Waals surface area contributed by atoms with Gasteiger partial charge >= 0.3 is 0 Å². The van der Waals surface area contributed by atoms with Gasteiger partial charge in [0, 0.05) is 25.6 Å². The van der Waals surface area contributed by atoms with Gasteiger partial charge in [-0.2, -0.15) is 4.31 Å². The highest BCUT2D eigenvalue weighted by Crippen LogP contribution is 2.27. The molecule has 1 atom stereocenters. The van der Waals surface area contributed by atoms with Crippen molar-refractivity contribution >= 4 is 15.9 Å². The number of nitrogens with zero attached hydrogens (tertiary/aromatic N) is 1. The minimum Gasteiger partial charge on any atom is -0.356 e. The van der Waals surface area contributed by atoms with Crippen LogP contribution in [0, 0.1) is 5.82 Å². The Hall–Kier alpha value is -2.25. The fourth-order valence-electron chi connectivity index (χ4n) is 3.51. The van der Waals surface area contributed by atoms with Crippen molar-refractivity contribution in [3.63, 3.8) is 0 Å². The Morgan fingerprint density at radius 1 is 1.07 bits per heavy atom. The minimum atomic E-state index is -3.75. The van der Waals surface area contributed by atoms with Crippen LogP contribution in [0.25, 0.3) is 0 Å². The highest BCUT2D eigenvalue weighted by Gasteiger charge is 2.34. The van der Waals surface area contributed by atoms with Gasteiger partial charge < -0.3 is 5.32 Å². The van der Waals surface area contributed by atoms with Crippen LogP contribution in [0.5, 0.6) is 0 Å². The molecule has 28 heavy (non-hydrogen) atoms. The molecule has 0 saturated carbocycles. The molecule has 1 amide bonds. The SMILES string of the molecule is O=C(C[C@H]1CCCCN1S(=O)(=O)c1ccc(F)cc1)NCCc1ccccc1. The van der Waals surface area contributed by atoms with Gasteiger partial charge in [-0.25, -0.2) is 12.8 Å². The first-order valence-corrected chi connectivity index (χ1v) is 11.0. The van der Waals surface area contributed by atoms with Crippen LogP contribution in [0.15, 0.2) is 59.5 Å². The number of hydrogen-bond donors (Lipinski definition) is 1. The zero-order chi connectivity index (χ0) is 20.0. The lowest BCUT2D eigenvalue weighted by molar-refractivity contribution is -0.122. The highest BCUT2D eigenvalue weighted by molar-refractivity contribution is 7.89. The zero-order valence-electron chi connectivity index (χ0n) is 15.7. The van der Waals surface area contributed by atoms with E-state index in [0.29, 0.717) is 19.5 Å². The van der Waals surface area contributed by atoms with Gasteiger partial charge in [0.15, 0.2) is 0 Å². The van der Waals surface area contributed by atoms with Gasteiger partial charge in [-0.15, -0.1) is 0 Å². The maximum atomic E-state index is 13.1. The quantitative estimate of drug-likeness (QED) is 0.771. The minimum absolute atomic E-state index is 0.0604. The van der Waals surface area contributed by atoms with Crippen molar-refractivity contribution in [2.45, 2.75) is 43.0 Å². The Morgan fingerprint density at radius 2 is 1.79 bits per heavy atom. The summed E-state index contributed by atoms with van der Waals surface area (Å²) in [6.45, 7) is 0.891. The normalized spacial score (nSPS) is 18.0. The summed E-state index contributed by atoms with van der Waals surface area (Å²) in [6, 6.07) is 14.3.